The number of anilines is 1. The number of ether oxygens (including phenoxy) is 1. The molecular weight excluding hydrogens is 316 g/mol. The van der Waals surface area contributed by atoms with Gasteiger partial charge >= 0.3 is 0 Å². The molecule has 25 heavy (non-hydrogen) atoms. The molecule has 2 amide bonds. The second-order valence-electron chi connectivity index (χ2n) is 6.05. The lowest BCUT2D eigenvalue weighted by molar-refractivity contribution is -0.133. The molecule has 5 nitrogen and oxygen atoms in total. The van der Waals surface area contributed by atoms with Gasteiger partial charge in [-0.05, 0) is 31.5 Å². The molecule has 0 radical (unpaired) electrons. The number of nitrogens with zero attached hydrogens (tertiary/aromatic N) is 2. The molecule has 0 bridgehead atoms. The van der Waals surface area contributed by atoms with Gasteiger partial charge in [-0.25, -0.2) is 0 Å². The van der Waals surface area contributed by atoms with Gasteiger partial charge in [-0.1, -0.05) is 42.5 Å². The summed E-state index contributed by atoms with van der Waals surface area (Å²) >= 11 is 0. The predicted molar refractivity (Wildman–Crippen MR) is 96.4 cm³/mol. The van der Waals surface area contributed by atoms with Crippen molar-refractivity contribution in [3.05, 3.63) is 60.2 Å². The number of fused-ring (bicyclic) bond motifs is 1. The zero-order chi connectivity index (χ0) is 17.8. The van der Waals surface area contributed by atoms with Gasteiger partial charge in [0.1, 0.15) is 12.3 Å². The van der Waals surface area contributed by atoms with Crippen LogP contribution in [0.25, 0.3) is 0 Å². The molecule has 1 atom stereocenters. The molecular formula is C20H22N2O3. The number of carbonyl (C=O) groups is 2. The van der Waals surface area contributed by atoms with Gasteiger partial charge in [0.2, 0.25) is 5.91 Å². The van der Waals surface area contributed by atoms with Gasteiger partial charge in [-0.3, -0.25) is 14.5 Å². The molecule has 3 rings (SSSR count). The van der Waals surface area contributed by atoms with Crippen molar-refractivity contribution < 1.29 is 14.3 Å². The van der Waals surface area contributed by atoms with Crippen LogP contribution in [0.15, 0.2) is 54.6 Å². The molecule has 1 heterocycles. The largest absolute Gasteiger partial charge is 0.479 e. The first-order valence-electron chi connectivity index (χ1n) is 8.49. The van der Waals surface area contributed by atoms with Gasteiger partial charge in [-0.15, -0.1) is 0 Å². The summed E-state index contributed by atoms with van der Waals surface area (Å²) in [5.74, 6) is 0.361. The number of hydrogen-bond donors (Lipinski definition) is 0. The number of rotatable bonds is 5. The Kier molecular flexibility index (Phi) is 5.03. The van der Waals surface area contributed by atoms with Gasteiger partial charge in [0, 0.05) is 13.1 Å². The Hall–Kier alpha value is -2.82. The van der Waals surface area contributed by atoms with Crippen LogP contribution in [0.5, 0.6) is 5.75 Å². The van der Waals surface area contributed by atoms with Gasteiger partial charge in [0.15, 0.2) is 6.10 Å². The zero-order valence-electron chi connectivity index (χ0n) is 14.5. The third kappa shape index (κ3) is 3.65. The summed E-state index contributed by atoms with van der Waals surface area (Å²) in [6, 6.07) is 17.2. The van der Waals surface area contributed by atoms with E-state index in [2.05, 4.69) is 0 Å². The minimum absolute atomic E-state index is 0.0181. The van der Waals surface area contributed by atoms with E-state index >= 15 is 0 Å². The highest BCUT2D eigenvalue weighted by Crippen LogP contribution is 2.33. The normalized spacial score (nSPS) is 16.2. The van der Waals surface area contributed by atoms with Crippen molar-refractivity contribution >= 4 is 17.5 Å². The fraction of sp³-hybridized carbons (Fsp3) is 0.300. The number of likely N-dealkylation sites (N-methyl/N-ethyl adjacent to an activating group) is 1. The first-order valence-corrected chi connectivity index (χ1v) is 8.49. The highest BCUT2D eigenvalue weighted by molar-refractivity contribution is 6.03. The Balaban J connectivity index is 1.78. The third-order valence-corrected chi connectivity index (χ3v) is 4.32. The fourth-order valence-corrected chi connectivity index (χ4v) is 2.94. The maximum Gasteiger partial charge on any atom is 0.268 e. The smallest absolute Gasteiger partial charge is 0.268 e. The van der Waals surface area contributed by atoms with E-state index in [-0.39, 0.29) is 18.4 Å². The maximum atomic E-state index is 12.8. The average Bonchev–Trinajstić information content (AvgIpc) is 2.64. The minimum Gasteiger partial charge on any atom is -0.479 e. The van der Waals surface area contributed by atoms with Crippen molar-refractivity contribution in [3.63, 3.8) is 0 Å². The molecule has 1 aliphatic rings. The van der Waals surface area contributed by atoms with Crippen molar-refractivity contribution in [1.82, 2.24) is 4.90 Å². The minimum atomic E-state index is -0.591. The summed E-state index contributed by atoms with van der Waals surface area (Å²) in [5, 5.41) is 0. The summed E-state index contributed by atoms with van der Waals surface area (Å²) in [6.45, 7) is 4.79. The van der Waals surface area contributed by atoms with E-state index < -0.39 is 6.10 Å². The number of carbonyl (C=O) groups excluding carboxylic acids is 2. The Morgan fingerprint density at radius 1 is 1.12 bits per heavy atom. The SMILES string of the molecule is CCN(Cc1ccccc1)C(=O)CN1C(=O)C(C)Oc2ccccc21. The van der Waals surface area contributed by atoms with Crippen LogP contribution in [0.4, 0.5) is 5.69 Å². The lowest BCUT2D eigenvalue weighted by Gasteiger charge is -2.33. The van der Waals surface area contributed by atoms with E-state index in [0.717, 1.165) is 5.56 Å². The van der Waals surface area contributed by atoms with Crippen LogP contribution in [0.1, 0.15) is 19.4 Å². The zero-order valence-corrected chi connectivity index (χ0v) is 14.5. The van der Waals surface area contributed by atoms with Crippen molar-refractivity contribution in [1.29, 1.82) is 0 Å². The quantitative estimate of drug-likeness (QED) is 0.842. The molecule has 0 aromatic heterocycles. The maximum absolute atomic E-state index is 12.8. The molecule has 1 unspecified atom stereocenters. The number of amides is 2. The molecule has 0 spiro atoms. The van der Waals surface area contributed by atoms with E-state index in [1.807, 2.05) is 55.5 Å². The van der Waals surface area contributed by atoms with Crippen LogP contribution in [0, 0.1) is 0 Å². The molecule has 5 heteroatoms. The van der Waals surface area contributed by atoms with Crippen LogP contribution in [-0.2, 0) is 16.1 Å². The standard InChI is InChI=1S/C20H22N2O3/c1-3-21(13-16-9-5-4-6-10-16)19(23)14-22-17-11-7-8-12-18(17)25-15(2)20(22)24/h4-12,15H,3,13-14H2,1-2H3. The van der Waals surface area contributed by atoms with Crippen LogP contribution < -0.4 is 9.64 Å². The summed E-state index contributed by atoms with van der Waals surface area (Å²) in [4.78, 5) is 28.6. The highest BCUT2D eigenvalue weighted by atomic mass is 16.5. The summed E-state index contributed by atoms with van der Waals surface area (Å²) in [5.41, 5.74) is 1.72. The van der Waals surface area contributed by atoms with Gasteiger partial charge in [0.05, 0.1) is 5.69 Å². The summed E-state index contributed by atoms with van der Waals surface area (Å²) < 4.78 is 5.62. The molecule has 0 N–H and O–H groups in total. The van der Waals surface area contributed by atoms with E-state index in [1.165, 1.54) is 4.90 Å². The predicted octanol–water partition coefficient (Wildman–Crippen LogP) is 2.85. The van der Waals surface area contributed by atoms with Crippen molar-refractivity contribution in [2.75, 3.05) is 18.0 Å². The number of hydrogen-bond acceptors (Lipinski definition) is 3. The Morgan fingerprint density at radius 3 is 2.52 bits per heavy atom. The Bertz CT molecular complexity index is 761. The van der Waals surface area contributed by atoms with Crippen LogP contribution in [0.2, 0.25) is 0 Å². The molecule has 0 fully saturated rings. The number of benzene rings is 2. The van der Waals surface area contributed by atoms with Crippen LogP contribution in [0.3, 0.4) is 0 Å². The lowest BCUT2D eigenvalue weighted by Crippen LogP contribution is -2.49. The van der Waals surface area contributed by atoms with E-state index in [1.54, 1.807) is 17.9 Å². The molecule has 0 aliphatic carbocycles. The van der Waals surface area contributed by atoms with Gasteiger partial charge < -0.3 is 9.64 Å². The first-order chi connectivity index (χ1) is 12.1. The Morgan fingerprint density at radius 2 is 1.80 bits per heavy atom. The topological polar surface area (TPSA) is 49.9 Å². The second kappa shape index (κ2) is 7.38. The van der Waals surface area contributed by atoms with E-state index in [9.17, 15) is 9.59 Å². The summed E-state index contributed by atoms with van der Waals surface area (Å²) in [7, 11) is 0. The Labute approximate surface area is 147 Å². The molecule has 2 aromatic carbocycles. The highest BCUT2D eigenvalue weighted by Gasteiger charge is 2.33. The van der Waals surface area contributed by atoms with E-state index in [0.29, 0.717) is 24.5 Å². The van der Waals surface area contributed by atoms with E-state index in [4.69, 9.17) is 4.74 Å². The molecule has 0 saturated heterocycles. The van der Waals surface area contributed by atoms with Crippen molar-refractivity contribution in [2.45, 2.75) is 26.5 Å². The van der Waals surface area contributed by atoms with Crippen molar-refractivity contribution in [2.24, 2.45) is 0 Å². The first kappa shape index (κ1) is 17.0. The average molecular weight is 338 g/mol. The monoisotopic (exact) mass is 338 g/mol. The number of para-hydroxylation sites is 2. The molecule has 2 aromatic rings. The van der Waals surface area contributed by atoms with Crippen molar-refractivity contribution in [3.8, 4) is 5.75 Å². The molecule has 1 aliphatic heterocycles. The summed E-state index contributed by atoms with van der Waals surface area (Å²) in [6.07, 6.45) is -0.591. The van der Waals surface area contributed by atoms with Gasteiger partial charge in [0.25, 0.3) is 5.91 Å². The third-order valence-electron chi connectivity index (χ3n) is 4.32. The van der Waals surface area contributed by atoms with Crippen LogP contribution in [-0.4, -0.2) is 35.9 Å². The van der Waals surface area contributed by atoms with Crippen LogP contribution >= 0.6 is 0 Å². The van der Waals surface area contributed by atoms with Gasteiger partial charge in [-0.2, -0.15) is 0 Å². The lowest BCUT2D eigenvalue weighted by atomic mass is 10.1. The fourth-order valence-electron chi connectivity index (χ4n) is 2.94. The second-order valence-corrected chi connectivity index (χ2v) is 6.05. The molecule has 0 saturated carbocycles. The molecule has 130 valence electrons.